The van der Waals surface area contributed by atoms with Gasteiger partial charge in [-0.1, -0.05) is 25.1 Å². The maximum atomic E-state index is 12.8. The summed E-state index contributed by atoms with van der Waals surface area (Å²) >= 11 is 0. The van der Waals surface area contributed by atoms with Crippen molar-refractivity contribution in [3.8, 4) is 5.75 Å². The van der Waals surface area contributed by atoms with Crippen molar-refractivity contribution in [3.05, 3.63) is 40.7 Å². The molecule has 126 valence electrons. The van der Waals surface area contributed by atoms with E-state index in [1.54, 1.807) is 0 Å². The summed E-state index contributed by atoms with van der Waals surface area (Å²) in [5.41, 5.74) is 4.24. The molecule has 1 aromatic carbocycles. The Hall–Kier alpha value is -2.37. The molecule has 1 aromatic heterocycles. The number of H-pyrrole nitrogens is 1. The van der Waals surface area contributed by atoms with Crippen molar-refractivity contribution in [1.82, 2.24) is 20.7 Å². The summed E-state index contributed by atoms with van der Waals surface area (Å²) in [5.74, 6) is 1.05. The minimum absolute atomic E-state index is 0.0248. The lowest BCUT2D eigenvalue weighted by atomic mass is 9.88. The number of fused-ring (bicyclic) bond motifs is 2. The van der Waals surface area contributed by atoms with E-state index in [9.17, 15) is 4.79 Å². The maximum Gasteiger partial charge on any atom is 0.224 e. The van der Waals surface area contributed by atoms with Gasteiger partial charge in [0.1, 0.15) is 5.75 Å². The first kappa shape index (κ1) is 15.2. The second-order valence-corrected chi connectivity index (χ2v) is 6.54. The number of ether oxygens (including phenoxy) is 1. The molecule has 0 radical (unpaired) electrons. The number of amides is 1. The Labute approximate surface area is 141 Å². The predicted molar refractivity (Wildman–Crippen MR) is 88.7 cm³/mol. The molecule has 0 bridgehead atoms. The molecule has 2 N–H and O–H groups in total. The van der Waals surface area contributed by atoms with Crippen LogP contribution in [0.3, 0.4) is 0 Å². The highest BCUT2D eigenvalue weighted by atomic mass is 16.5. The second-order valence-electron chi connectivity index (χ2n) is 6.54. The smallest absolute Gasteiger partial charge is 0.224 e. The van der Waals surface area contributed by atoms with Gasteiger partial charge < -0.3 is 10.1 Å². The number of carbonyl (C=O) groups is 1. The van der Waals surface area contributed by atoms with E-state index in [4.69, 9.17) is 4.74 Å². The number of nitrogens with one attached hydrogen (secondary N) is 2. The van der Waals surface area contributed by atoms with Gasteiger partial charge in [0, 0.05) is 24.3 Å². The fraction of sp³-hybridized carbons (Fsp3) is 0.500. The highest BCUT2D eigenvalue weighted by Gasteiger charge is 2.30. The standard InChI is InChI=1S/C18H22N4O2/c1-2-11-4-3-5-13-14(8-9-24-17(11)13)19-18(23)12-6-7-15-16(10-12)21-22-20-15/h3-5,12,14H,2,6-10H2,1H3,(H,19,23)(H,20,21,22)/t12-,14-/m0/s1. The molecule has 2 aromatic rings. The first-order chi connectivity index (χ1) is 11.8. The minimum Gasteiger partial charge on any atom is -0.493 e. The summed E-state index contributed by atoms with van der Waals surface area (Å²) in [7, 11) is 0. The van der Waals surface area contributed by atoms with Crippen LogP contribution >= 0.6 is 0 Å². The normalized spacial score (nSPS) is 22.2. The van der Waals surface area contributed by atoms with E-state index >= 15 is 0 Å². The van der Waals surface area contributed by atoms with E-state index in [1.807, 2.05) is 6.07 Å². The number of para-hydroxylation sites is 1. The quantitative estimate of drug-likeness (QED) is 0.905. The van der Waals surface area contributed by atoms with Crippen LogP contribution in [0, 0.1) is 5.92 Å². The van der Waals surface area contributed by atoms with Crippen molar-refractivity contribution in [3.63, 3.8) is 0 Å². The molecule has 6 heteroatoms. The zero-order valence-electron chi connectivity index (χ0n) is 13.8. The molecule has 0 spiro atoms. The lowest BCUT2D eigenvalue weighted by Gasteiger charge is -2.30. The SMILES string of the molecule is CCc1cccc2c1OCC[C@@H]2NC(=O)[C@H]1CCc2n[nH]nc2C1. The number of aromatic amines is 1. The number of carbonyl (C=O) groups excluding carboxylic acids is 1. The molecule has 0 unspecified atom stereocenters. The monoisotopic (exact) mass is 326 g/mol. The van der Waals surface area contributed by atoms with Gasteiger partial charge in [-0.3, -0.25) is 4.79 Å². The fourth-order valence-electron chi connectivity index (χ4n) is 3.72. The Bertz CT molecular complexity index is 755. The van der Waals surface area contributed by atoms with Crippen molar-refractivity contribution in [2.24, 2.45) is 5.92 Å². The Morgan fingerprint density at radius 1 is 1.33 bits per heavy atom. The van der Waals surface area contributed by atoms with E-state index in [1.165, 1.54) is 5.56 Å². The number of rotatable bonds is 3. The van der Waals surface area contributed by atoms with Crippen molar-refractivity contribution in [2.45, 2.75) is 45.1 Å². The molecule has 2 atom stereocenters. The molecule has 1 amide bonds. The van der Waals surface area contributed by atoms with E-state index < -0.39 is 0 Å². The Morgan fingerprint density at radius 3 is 3.08 bits per heavy atom. The molecular formula is C18H22N4O2. The van der Waals surface area contributed by atoms with Gasteiger partial charge in [0.2, 0.25) is 5.91 Å². The van der Waals surface area contributed by atoms with Gasteiger partial charge in [-0.05, 0) is 24.8 Å². The van der Waals surface area contributed by atoms with Gasteiger partial charge in [-0.15, -0.1) is 0 Å². The molecule has 0 saturated carbocycles. The van der Waals surface area contributed by atoms with Crippen LogP contribution in [0.5, 0.6) is 5.75 Å². The molecule has 1 aliphatic heterocycles. The Balaban J connectivity index is 1.50. The van der Waals surface area contributed by atoms with Gasteiger partial charge in [0.15, 0.2) is 0 Å². The largest absolute Gasteiger partial charge is 0.493 e. The summed E-state index contributed by atoms with van der Waals surface area (Å²) in [4.78, 5) is 12.8. The van der Waals surface area contributed by atoms with Crippen LogP contribution in [0.15, 0.2) is 18.2 Å². The van der Waals surface area contributed by atoms with Crippen LogP contribution in [0.4, 0.5) is 0 Å². The number of benzene rings is 1. The second kappa shape index (κ2) is 6.26. The van der Waals surface area contributed by atoms with Crippen LogP contribution in [-0.4, -0.2) is 27.9 Å². The van der Waals surface area contributed by atoms with Crippen LogP contribution < -0.4 is 10.1 Å². The number of hydrogen-bond acceptors (Lipinski definition) is 4. The lowest BCUT2D eigenvalue weighted by Crippen LogP contribution is -2.38. The van der Waals surface area contributed by atoms with Crippen molar-refractivity contribution >= 4 is 5.91 Å². The van der Waals surface area contributed by atoms with E-state index in [-0.39, 0.29) is 17.9 Å². The number of hydrogen-bond donors (Lipinski definition) is 2. The zero-order valence-corrected chi connectivity index (χ0v) is 13.8. The first-order valence-corrected chi connectivity index (χ1v) is 8.69. The van der Waals surface area contributed by atoms with Gasteiger partial charge in [-0.2, -0.15) is 15.4 Å². The summed E-state index contributed by atoms with van der Waals surface area (Å²) < 4.78 is 5.87. The molecule has 24 heavy (non-hydrogen) atoms. The number of aryl methyl sites for hydroxylation is 2. The van der Waals surface area contributed by atoms with Crippen LogP contribution in [-0.2, 0) is 24.1 Å². The van der Waals surface area contributed by atoms with Gasteiger partial charge in [0.25, 0.3) is 0 Å². The Kier molecular flexibility index (Phi) is 3.96. The molecule has 0 fully saturated rings. The topological polar surface area (TPSA) is 79.9 Å². The molecular weight excluding hydrogens is 304 g/mol. The minimum atomic E-state index is -0.0248. The summed E-state index contributed by atoms with van der Waals surface area (Å²) in [5, 5.41) is 14.2. The highest BCUT2D eigenvalue weighted by molar-refractivity contribution is 5.80. The third kappa shape index (κ3) is 2.66. The molecule has 2 heterocycles. The third-order valence-corrected chi connectivity index (χ3v) is 5.10. The molecule has 6 nitrogen and oxygen atoms in total. The predicted octanol–water partition coefficient (Wildman–Crippen LogP) is 2.11. The van der Waals surface area contributed by atoms with Crippen molar-refractivity contribution in [1.29, 1.82) is 0 Å². The Morgan fingerprint density at radius 2 is 2.21 bits per heavy atom. The van der Waals surface area contributed by atoms with Crippen LogP contribution in [0.1, 0.15) is 48.3 Å². The molecule has 1 aliphatic carbocycles. The summed E-state index contributed by atoms with van der Waals surface area (Å²) in [6.45, 7) is 2.77. The van der Waals surface area contributed by atoms with Gasteiger partial charge >= 0.3 is 0 Å². The average molecular weight is 326 g/mol. The third-order valence-electron chi connectivity index (χ3n) is 5.10. The van der Waals surface area contributed by atoms with Gasteiger partial charge in [-0.25, -0.2) is 0 Å². The fourth-order valence-corrected chi connectivity index (χ4v) is 3.72. The first-order valence-electron chi connectivity index (χ1n) is 8.69. The maximum absolute atomic E-state index is 12.8. The van der Waals surface area contributed by atoms with E-state index in [0.717, 1.165) is 48.4 Å². The van der Waals surface area contributed by atoms with Crippen molar-refractivity contribution < 1.29 is 9.53 Å². The molecule has 4 rings (SSSR count). The number of aromatic nitrogens is 3. The van der Waals surface area contributed by atoms with E-state index in [2.05, 4.69) is 39.8 Å². The highest BCUT2D eigenvalue weighted by Crippen LogP contribution is 2.35. The molecule has 2 aliphatic rings. The number of nitrogens with zero attached hydrogens (tertiary/aromatic N) is 2. The summed E-state index contributed by atoms with van der Waals surface area (Å²) in [6, 6.07) is 6.24. The lowest BCUT2D eigenvalue weighted by molar-refractivity contribution is -0.126. The summed E-state index contributed by atoms with van der Waals surface area (Å²) in [6.07, 6.45) is 4.06. The molecule has 0 saturated heterocycles. The van der Waals surface area contributed by atoms with Crippen LogP contribution in [0.25, 0.3) is 0 Å². The van der Waals surface area contributed by atoms with E-state index in [0.29, 0.717) is 13.0 Å². The van der Waals surface area contributed by atoms with Crippen LogP contribution in [0.2, 0.25) is 0 Å². The van der Waals surface area contributed by atoms with Crippen molar-refractivity contribution in [2.75, 3.05) is 6.61 Å². The average Bonchev–Trinajstić information content (AvgIpc) is 3.09. The zero-order chi connectivity index (χ0) is 16.5. The van der Waals surface area contributed by atoms with Gasteiger partial charge in [0.05, 0.1) is 24.0 Å².